The monoisotopic (exact) mass is 265 g/mol. The fourth-order valence-corrected chi connectivity index (χ4v) is 2.72. The van der Waals surface area contributed by atoms with Gasteiger partial charge in [0.25, 0.3) is 0 Å². The summed E-state index contributed by atoms with van der Waals surface area (Å²) in [4.78, 5) is 0. The fourth-order valence-electron chi connectivity index (χ4n) is 1.90. The van der Waals surface area contributed by atoms with Crippen molar-refractivity contribution in [3.05, 3.63) is 35.4 Å². The molecule has 0 heterocycles. The average molecular weight is 265 g/mol. The minimum Gasteiger partial charge on any atom is -0.598 e. The van der Waals surface area contributed by atoms with Crippen LogP contribution in [0, 0.1) is 0 Å². The van der Waals surface area contributed by atoms with Crippen molar-refractivity contribution in [1.82, 2.24) is 4.72 Å². The molecule has 0 bridgehead atoms. The first kappa shape index (κ1) is 13.9. The van der Waals surface area contributed by atoms with Crippen LogP contribution in [0.4, 0.5) is 0 Å². The summed E-state index contributed by atoms with van der Waals surface area (Å²) in [5.74, 6) is 0.769. The van der Waals surface area contributed by atoms with Gasteiger partial charge in [0, 0.05) is 11.4 Å². The fraction of sp³-hybridized carbons (Fsp3) is 0.600. The predicted molar refractivity (Wildman–Crippen MR) is 77.9 cm³/mol. The Morgan fingerprint density at radius 2 is 2.00 bits per heavy atom. The Hall–Kier alpha value is -0.510. The summed E-state index contributed by atoms with van der Waals surface area (Å²) in [5, 5.41) is 0. The lowest BCUT2D eigenvalue weighted by Gasteiger charge is -2.26. The molecule has 1 aromatic rings. The molecule has 18 heavy (non-hydrogen) atoms. The van der Waals surface area contributed by atoms with Crippen LogP contribution < -0.4 is 4.72 Å². The minimum absolute atomic E-state index is 0.128. The van der Waals surface area contributed by atoms with Crippen LogP contribution in [0.5, 0.6) is 0 Å². The molecule has 1 N–H and O–H groups in total. The molecule has 0 spiro atoms. The van der Waals surface area contributed by atoms with E-state index in [2.05, 4.69) is 35.9 Å². The van der Waals surface area contributed by atoms with Gasteiger partial charge in [0.05, 0.1) is 6.04 Å². The predicted octanol–water partition coefficient (Wildman–Crippen LogP) is 3.68. The summed E-state index contributed by atoms with van der Waals surface area (Å²) in [5.41, 5.74) is 2.67. The lowest BCUT2D eigenvalue weighted by atomic mass is 10.0. The third-order valence-corrected chi connectivity index (χ3v) is 4.98. The second-order valence-corrected chi connectivity index (χ2v) is 8.16. The molecule has 100 valence electrons. The zero-order valence-electron chi connectivity index (χ0n) is 11.7. The van der Waals surface area contributed by atoms with E-state index >= 15 is 0 Å². The second-order valence-electron chi connectivity index (χ2n) is 6.17. The van der Waals surface area contributed by atoms with E-state index < -0.39 is 11.4 Å². The van der Waals surface area contributed by atoms with Gasteiger partial charge in [-0.1, -0.05) is 24.3 Å². The van der Waals surface area contributed by atoms with E-state index in [9.17, 15) is 4.55 Å². The van der Waals surface area contributed by atoms with Crippen molar-refractivity contribution in [1.29, 1.82) is 0 Å². The largest absolute Gasteiger partial charge is 0.598 e. The van der Waals surface area contributed by atoms with Gasteiger partial charge in [0.2, 0.25) is 0 Å². The molecule has 2 atom stereocenters. The van der Waals surface area contributed by atoms with E-state index in [-0.39, 0.29) is 10.8 Å². The Morgan fingerprint density at radius 3 is 2.56 bits per heavy atom. The zero-order valence-corrected chi connectivity index (χ0v) is 12.5. The van der Waals surface area contributed by atoms with Gasteiger partial charge in [-0.25, -0.2) is 0 Å². The van der Waals surface area contributed by atoms with Gasteiger partial charge >= 0.3 is 0 Å². The highest BCUT2D eigenvalue weighted by Gasteiger charge is 2.29. The molecule has 2 nitrogen and oxygen atoms in total. The third-order valence-electron chi connectivity index (χ3n) is 3.30. The van der Waals surface area contributed by atoms with Crippen LogP contribution in [0.2, 0.25) is 0 Å². The second kappa shape index (κ2) is 5.24. The van der Waals surface area contributed by atoms with Gasteiger partial charge in [-0.05, 0) is 57.6 Å². The summed E-state index contributed by atoms with van der Waals surface area (Å²) in [7, 11) is 0. The van der Waals surface area contributed by atoms with Crippen LogP contribution in [0.15, 0.2) is 24.3 Å². The van der Waals surface area contributed by atoms with Crippen LogP contribution in [0.1, 0.15) is 63.6 Å². The zero-order chi connectivity index (χ0) is 13.3. The molecular weight excluding hydrogens is 242 g/mol. The first-order valence-corrected chi connectivity index (χ1v) is 7.81. The molecule has 1 saturated carbocycles. The Balaban J connectivity index is 2.04. The van der Waals surface area contributed by atoms with E-state index in [4.69, 9.17) is 0 Å². The van der Waals surface area contributed by atoms with Crippen molar-refractivity contribution in [2.24, 2.45) is 0 Å². The number of hydrogen-bond acceptors (Lipinski definition) is 2. The van der Waals surface area contributed by atoms with Crippen LogP contribution in [-0.4, -0.2) is 9.30 Å². The number of nitrogens with one attached hydrogen (secondary N) is 1. The molecule has 1 aromatic carbocycles. The van der Waals surface area contributed by atoms with E-state index in [1.165, 1.54) is 24.0 Å². The van der Waals surface area contributed by atoms with Crippen molar-refractivity contribution >= 4 is 11.4 Å². The van der Waals surface area contributed by atoms with E-state index in [1.807, 2.05) is 20.8 Å². The Labute approximate surface area is 113 Å². The van der Waals surface area contributed by atoms with Crippen LogP contribution >= 0.6 is 0 Å². The van der Waals surface area contributed by atoms with Crippen molar-refractivity contribution in [3.63, 3.8) is 0 Å². The average Bonchev–Trinajstić information content (AvgIpc) is 3.11. The van der Waals surface area contributed by atoms with E-state index in [0.717, 1.165) is 5.92 Å². The lowest BCUT2D eigenvalue weighted by Crippen LogP contribution is -2.40. The van der Waals surface area contributed by atoms with Crippen LogP contribution in [0.25, 0.3) is 0 Å². The van der Waals surface area contributed by atoms with Gasteiger partial charge in [-0.2, -0.15) is 0 Å². The molecule has 1 aliphatic rings. The van der Waals surface area contributed by atoms with E-state index in [1.54, 1.807) is 0 Å². The lowest BCUT2D eigenvalue weighted by molar-refractivity contribution is 0.531. The molecule has 0 amide bonds. The standard InChI is InChI=1S/C15H23NOS/c1-11(16-18(17)15(2,3)4)13-6-5-7-14(10-13)12-8-9-12/h5-7,10-12,16H,8-9H2,1-4H3/t11-,18+/m1/s1. The first-order valence-electron chi connectivity index (χ1n) is 6.66. The smallest absolute Gasteiger partial charge is 0.136 e. The molecule has 1 fully saturated rings. The molecule has 1 aliphatic carbocycles. The normalized spacial score (nSPS) is 19.6. The maximum atomic E-state index is 12.1. The number of rotatable bonds is 4. The van der Waals surface area contributed by atoms with Gasteiger partial charge in [-0.3, -0.25) is 0 Å². The number of hydrogen-bond donors (Lipinski definition) is 1. The quantitative estimate of drug-likeness (QED) is 0.843. The Bertz CT molecular complexity index is 409. The first-order chi connectivity index (χ1) is 8.38. The van der Waals surface area contributed by atoms with Crippen molar-refractivity contribution in [2.75, 3.05) is 0 Å². The maximum Gasteiger partial charge on any atom is 0.136 e. The van der Waals surface area contributed by atoms with Gasteiger partial charge in [-0.15, -0.1) is 4.72 Å². The number of benzene rings is 1. The third kappa shape index (κ3) is 3.50. The SMILES string of the molecule is C[C@@H](N[S@@+]([O-])C(C)(C)C)c1cccc(C2CC2)c1. The van der Waals surface area contributed by atoms with Crippen molar-refractivity contribution in [2.45, 2.75) is 57.2 Å². The van der Waals surface area contributed by atoms with Crippen molar-refractivity contribution in [3.8, 4) is 0 Å². The highest BCUT2D eigenvalue weighted by atomic mass is 32.2. The summed E-state index contributed by atoms with van der Waals surface area (Å²) in [6.45, 7) is 8.05. The summed E-state index contributed by atoms with van der Waals surface area (Å²) >= 11 is -1.02. The Kier molecular flexibility index (Phi) is 4.05. The van der Waals surface area contributed by atoms with Gasteiger partial charge in [0.1, 0.15) is 4.75 Å². The maximum absolute atomic E-state index is 12.1. The molecule has 2 rings (SSSR count). The molecule has 0 radical (unpaired) electrons. The Morgan fingerprint density at radius 1 is 1.33 bits per heavy atom. The van der Waals surface area contributed by atoms with Crippen molar-refractivity contribution < 1.29 is 4.55 Å². The van der Waals surface area contributed by atoms with Crippen LogP contribution in [0.3, 0.4) is 0 Å². The molecule has 3 heteroatoms. The minimum atomic E-state index is -1.02. The molecule has 0 unspecified atom stereocenters. The molecule has 0 saturated heterocycles. The van der Waals surface area contributed by atoms with Gasteiger partial charge < -0.3 is 4.55 Å². The molecular formula is C15H23NOS. The highest BCUT2D eigenvalue weighted by molar-refractivity contribution is 7.90. The van der Waals surface area contributed by atoms with Crippen LogP contribution in [-0.2, 0) is 11.4 Å². The summed E-state index contributed by atoms with van der Waals surface area (Å²) < 4.78 is 15.1. The van der Waals surface area contributed by atoms with Gasteiger partial charge in [0.15, 0.2) is 0 Å². The topological polar surface area (TPSA) is 35.1 Å². The summed E-state index contributed by atoms with van der Waals surface area (Å²) in [6, 6.07) is 8.82. The molecule has 0 aliphatic heterocycles. The molecule has 0 aromatic heterocycles. The highest BCUT2D eigenvalue weighted by Crippen LogP contribution is 2.40. The van der Waals surface area contributed by atoms with E-state index in [0.29, 0.717) is 0 Å². The summed E-state index contributed by atoms with van der Waals surface area (Å²) in [6.07, 6.45) is 2.64.